The maximum absolute atomic E-state index is 10.5. The molecule has 3 heteroatoms. The lowest BCUT2D eigenvalue weighted by Gasteiger charge is -2.34. The van der Waals surface area contributed by atoms with Crippen LogP contribution in [0.1, 0.15) is 5.56 Å². The number of carbonyl (C=O) groups excluding carboxylic acids is 1. The number of para-hydroxylation sites is 1. The Bertz CT molecular complexity index is 419. The molecule has 1 aliphatic heterocycles. The third-order valence-electron chi connectivity index (χ3n) is 2.85. The Morgan fingerprint density at radius 3 is 2.87 bits per heavy atom. The van der Waals surface area contributed by atoms with Crippen LogP contribution in [-0.2, 0) is 11.2 Å². The van der Waals surface area contributed by atoms with E-state index < -0.39 is 0 Å². The Morgan fingerprint density at radius 1 is 1.40 bits per heavy atom. The van der Waals surface area contributed by atoms with E-state index in [1.54, 1.807) is 0 Å². The molecule has 0 spiro atoms. The van der Waals surface area contributed by atoms with Crippen molar-refractivity contribution < 1.29 is 9.39 Å². The Morgan fingerprint density at radius 2 is 2.13 bits per heavy atom. The van der Waals surface area contributed by atoms with E-state index in [1.165, 1.54) is 17.5 Å². The first kappa shape index (κ1) is 9.97. The summed E-state index contributed by atoms with van der Waals surface area (Å²) in [6.45, 7) is 0.949. The summed E-state index contributed by atoms with van der Waals surface area (Å²) in [5.74, 6) is 1.87. The fraction of sp³-hybridized carbons (Fsp3) is 0.333. The number of hydrogen-bond acceptors (Lipinski definition) is 2. The summed E-state index contributed by atoms with van der Waals surface area (Å²) in [5, 5.41) is 2.19. The third kappa shape index (κ3) is 1.67. The lowest BCUT2D eigenvalue weighted by Crippen LogP contribution is -2.50. The molecule has 0 fully saturated rings. The summed E-state index contributed by atoms with van der Waals surface area (Å²) in [7, 11) is 3.96. The van der Waals surface area contributed by atoms with Gasteiger partial charge >= 0.3 is 0 Å². The molecule has 0 bridgehead atoms. The zero-order valence-electron chi connectivity index (χ0n) is 9.10. The van der Waals surface area contributed by atoms with E-state index in [-0.39, 0.29) is 0 Å². The van der Waals surface area contributed by atoms with Crippen molar-refractivity contribution in [3.63, 3.8) is 0 Å². The van der Waals surface area contributed by atoms with Crippen LogP contribution in [0.25, 0.3) is 0 Å². The summed E-state index contributed by atoms with van der Waals surface area (Å²) in [5.41, 5.74) is 2.57. The van der Waals surface area contributed by atoms with Crippen molar-refractivity contribution >= 4 is 11.6 Å². The molecule has 0 aromatic heterocycles. The third-order valence-corrected chi connectivity index (χ3v) is 2.85. The molecular formula is C12H15N2O+. The van der Waals surface area contributed by atoms with E-state index in [4.69, 9.17) is 0 Å². The van der Waals surface area contributed by atoms with Crippen LogP contribution >= 0.6 is 0 Å². The van der Waals surface area contributed by atoms with Crippen LogP contribution in [0.15, 0.2) is 30.5 Å². The fourth-order valence-electron chi connectivity index (χ4n) is 2.05. The average Bonchev–Trinajstić information content (AvgIpc) is 2.61. The second-order valence-corrected chi connectivity index (χ2v) is 4.23. The SMILES string of the molecule is C[N+](C)(C=C=O)N1CCc2ccccc21. The van der Waals surface area contributed by atoms with Crippen molar-refractivity contribution in [2.75, 3.05) is 25.6 Å². The smallest absolute Gasteiger partial charge is 0.205 e. The summed E-state index contributed by atoms with van der Waals surface area (Å²) in [6, 6.07) is 8.32. The molecule has 1 heterocycles. The van der Waals surface area contributed by atoms with Crippen LogP contribution in [0.5, 0.6) is 0 Å². The maximum atomic E-state index is 10.5. The van der Waals surface area contributed by atoms with Gasteiger partial charge in [0.15, 0.2) is 5.94 Å². The monoisotopic (exact) mass is 203 g/mol. The standard InChI is InChI=1S/C12H15N2O/c1-14(2,9-10-15)13-8-7-11-5-3-4-6-12(11)13/h3-6,9H,7-8H2,1-2H3/q+1. The van der Waals surface area contributed by atoms with Gasteiger partial charge in [-0.05, 0) is 18.1 Å². The second-order valence-electron chi connectivity index (χ2n) is 4.23. The number of anilines is 1. The van der Waals surface area contributed by atoms with Crippen molar-refractivity contribution in [2.45, 2.75) is 6.42 Å². The number of fused-ring (bicyclic) bond motifs is 1. The van der Waals surface area contributed by atoms with Crippen molar-refractivity contribution in [3.8, 4) is 0 Å². The minimum Gasteiger partial charge on any atom is -0.228 e. The number of hydrogen-bond donors (Lipinski definition) is 0. The first-order valence-corrected chi connectivity index (χ1v) is 5.07. The van der Waals surface area contributed by atoms with E-state index in [1.807, 2.05) is 26.1 Å². The van der Waals surface area contributed by atoms with Crippen LogP contribution < -0.4 is 5.01 Å². The van der Waals surface area contributed by atoms with Gasteiger partial charge in [0, 0.05) is 0 Å². The molecule has 15 heavy (non-hydrogen) atoms. The Kier molecular flexibility index (Phi) is 2.35. The molecular weight excluding hydrogens is 188 g/mol. The van der Waals surface area contributed by atoms with Gasteiger partial charge in [-0.3, -0.25) is 0 Å². The van der Waals surface area contributed by atoms with E-state index in [2.05, 4.69) is 23.2 Å². The molecule has 78 valence electrons. The van der Waals surface area contributed by atoms with Gasteiger partial charge in [0.2, 0.25) is 6.20 Å². The Hall–Kier alpha value is -1.57. The minimum atomic E-state index is 0.431. The van der Waals surface area contributed by atoms with Gasteiger partial charge in [0.25, 0.3) is 0 Å². The van der Waals surface area contributed by atoms with E-state index in [9.17, 15) is 4.79 Å². The minimum absolute atomic E-state index is 0.431. The fourth-order valence-corrected chi connectivity index (χ4v) is 2.05. The van der Waals surface area contributed by atoms with Crippen LogP contribution in [0.3, 0.4) is 0 Å². The maximum Gasteiger partial charge on any atom is 0.205 e. The molecule has 0 amide bonds. The zero-order chi connectivity index (χ0) is 10.9. The van der Waals surface area contributed by atoms with Crippen LogP contribution in [0, 0.1) is 0 Å². The van der Waals surface area contributed by atoms with Crippen molar-refractivity contribution in [1.29, 1.82) is 0 Å². The molecule has 0 unspecified atom stereocenters. The lowest BCUT2D eigenvalue weighted by molar-refractivity contribution is -0.846. The molecule has 1 aromatic carbocycles. The van der Waals surface area contributed by atoms with Gasteiger partial charge in [-0.25, -0.2) is 9.80 Å². The molecule has 1 aromatic rings. The molecule has 0 atom stereocenters. The van der Waals surface area contributed by atoms with E-state index in [0.717, 1.165) is 13.0 Å². The molecule has 0 saturated heterocycles. The van der Waals surface area contributed by atoms with E-state index >= 15 is 0 Å². The normalized spacial score (nSPS) is 14.7. The topological polar surface area (TPSA) is 20.3 Å². The predicted molar refractivity (Wildman–Crippen MR) is 59.9 cm³/mol. The number of quaternary nitrogens is 1. The van der Waals surface area contributed by atoms with Gasteiger partial charge < -0.3 is 0 Å². The van der Waals surface area contributed by atoms with Crippen LogP contribution in [0.4, 0.5) is 5.69 Å². The highest BCUT2D eigenvalue weighted by atomic mass is 16.1. The molecule has 0 saturated carbocycles. The van der Waals surface area contributed by atoms with Gasteiger partial charge in [0.1, 0.15) is 0 Å². The van der Waals surface area contributed by atoms with Crippen molar-refractivity contribution in [2.24, 2.45) is 0 Å². The number of benzene rings is 1. The highest BCUT2D eigenvalue weighted by Gasteiger charge is 2.30. The van der Waals surface area contributed by atoms with Gasteiger partial charge in [-0.1, -0.05) is 18.2 Å². The highest BCUT2D eigenvalue weighted by molar-refractivity contribution is 5.56. The quantitative estimate of drug-likeness (QED) is 0.534. The Balaban J connectivity index is 2.39. The second kappa shape index (κ2) is 3.54. The molecule has 0 radical (unpaired) electrons. The molecule has 3 nitrogen and oxygen atoms in total. The largest absolute Gasteiger partial charge is 0.228 e. The van der Waals surface area contributed by atoms with Gasteiger partial charge in [-0.2, -0.15) is 4.59 Å². The van der Waals surface area contributed by atoms with Crippen molar-refractivity contribution in [3.05, 3.63) is 36.0 Å². The van der Waals surface area contributed by atoms with Gasteiger partial charge in [0.05, 0.1) is 26.3 Å². The first-order valence-electron chi connectivity index (χ1n) is 5.07. The number of nitrogens with zero attached hydrogens (tertiary/aromatic N) is 2. The van der Waals surface area contributed by atoms with Gasteiger partial charge in [-0.15, -0.1) is 0 Å². The molecule has 2 rings (SSSR count). The summed E-state index contributed by atoms with van der Waals surface area (Å²) < 4.78 is 0.431. The molecule has 0 aliphatic carbocycles. The predicted octanol–water partition coefficient (Wildman–Crippen LogP) is 1.39. The summed E-state index contributed by atoms with van der Waals surface area (Å²) in [6.07, 6.45) is 2.58. The first-order chi connectivity index (χ1) is 7.15. The van der Waals surface area contributed by atoms with Crippen molar-refractivity contribution in [1.82, 2.24) is 0 Å². The van der Waals surface area contributed by atoms with E-state index in [0.29, 0.717) is 4.59 Å². The zero-order valence-corrected chi connectivity index (χ0v) is 9.10. The average molecular weight is 203 g/mol. The molecule has 1 aliphatic rings. The number of rotatable bonds is 2. The molecule has 0 N–H and O–H groups in total. The van der Waals surface area contributed by atoms with Crippen LogP contribution in [0.2, 0.25) is 0 Å². The summed E-state index contributed by atoms with van der Waals surface area (Å²) >= 11 is 0. The van der Waals surface area contributed by atoms with Crippen LogP contribution in [-0.4, -0.2) is 31.2 Å². The lowest BCUT2D eigenvalue weighted by atomic mass is 10.2. The summed E-state index contributed by atoms with van der Waals surface area (Å²) in [4.78, 5) is 10.5. The Labute approximate surface area is 89.8 Å². The highest BCUT2D eigenvalue weighted by Crippen LogP contribution is 2.30.